The number of benzene rings is 1. The van der Waals surface area contributed by atoms with Crippen molar-refractivity contribution in [1.29, 1.82) is 0 Å². The number of carbonyl (C=O) groups excluding carboxylic acids is 1. The first-order chi connectivity index (χ1) is 12.0. The average Bonchev–Trinajstić information content (AvgIpc) is 2.60. The first-order valence-electron chi connectivity index (χ1n) is 8.17. The van der Waals surface area contributed by atoms with Crippen LogP contribution >= 0.6 is 23.2 Å². The monoisotopic (exact) mass is 378 g/mol. The van der Waals surface area contributed by atoms with E-state index >= 15 is 0 Å². The highest BCUT2D eigenvalue weighted by Crippen LogP contribution is 2.25. The van der Waals surface area contributed by atoms with E-state index in [1.165, 1.54) is 11.3 Å². The summed E-state index contributed by atoms with van der Waals surface area (Å²) in [6, 6.07) is 9.43. The van der Waals surface area contributed by atoms with Gasteiger partial charge in [-0.05, 0) is 36.8 Å². The molecular weight excluding hydrogens is 359 g/mol. The van der Waals surface area contributed by atoms with Gasteiger partial charge in [-0.25, -0.2) is 4.98 Å². The smallest absolute Gasteiger partial charge is 0.238 e. The fraction of sp³-hybridized carbons (Fsp3) is 0.333. The molecule has 1 aromatic heterocycles. The number of aryl methyl sites for hydroxylation is 1. The Kier molecular flexibility index (Phi) is 5.78. The number of piperazine rings is 1. The molecule has 1 fully saturated rings. The summed E-state index contributed by atoms with van der Waals surface area (Å²) in [5, 5.41) is 3.86. The van der Waals surface area contributed by atoms with Gasteiger partial charge in [0, 0.05) is 43.1 Å². The van der Waals surface area contributed by atoms with Crippen molar-refractivity contribution in [1.82, 2.24) is 9.88 Å². The summed E-state index contributed by atoms with van der Waals surface area (Å²) in [7, 11) is 0. The molecule has 0 atom stereocenters. The van der Waals surface area contributed by atoms with Crippen molar-refractivity contribution in [2.75, 3.05) is 42.9 Å². The van der Waals surface area contributed by atoms with Crippen LogP contribution in [0.15, 0.2) is 36.5 Å². The van der Waals surface area contributed by atoms with Gasteiger partial charge in [0.15, 0.2) is 5.15 Å². The highest BCUT2D eigenvalue weighted by molar-refractivity contribution is 6.32. The number of nitrogens with one attached hydrogen (secondary N) is 1. The number of halogens is 2. The van der Waals surface area contributed by atoms with Gasteiger partial charge < -0.3 is 10.2 Å². The van der Waals surface area contributed by atoms with Crippen LogP contribution in [0.4, 0.5) is 11.4 Å². The highest BCUT2D eigenvalue weighted by Gasteiger charge is 2.20. The molecule has 1 saturated heterocycles. The topological polar surface area (TPSA) is 48.5 Å². The molecule has 25 heavy (non-hydrogen) atoms. The number of rotatable bonds is 4. The van der Waals surface area contributed by atoms with Crippen LogP contribution in [-0.4, -0.2) is 48.5 Å². The number of hydrogen-bond donors (Lipinski definition) is 1. The number of carbonyl (C=O) groups is 1. The second-order valence-electron chi connectivity index (χ2n) is 6.08. The van der Waals surface area contributed by atoms with Crippen LogP contribution in [-0.2, 0) is 4.79 Å². The lowest BCUT2D eigenvalue weighted by atomic mass is 10.1. The van der Waals surface area contributed by atoms with E-state index in [-0.39, 0.29) is 5.91 Å². The summed E-state index contributed by atoms with van der Waals surface area (Å²) in [6.45, 7) is 5.79. The lowest BCUT2D eigenvalue weighted by molar-refractivity contribution is -0.117. The Labute approximate surface area is 157 Å². The minimum Gasteiger partial charge on any atom is -0.369 e. The van der Waals surface area contributed by atoms with E-state index in [0.717, 1.165) is 31.2 Å². The molecule has 1 aromatic carbocycles. The van der Waals surface area contributed by atoms with Crippen molar-refractivity contribution in [2.24, 2.45) is 0 Å². The van der Waals surface area contributed by atoms with E-state index < -0.39 is 0 Å². The molecule has 132 valence electrons. The Hall–Kier alpha value is -1.82. The van der Waals surface area contributed by atoms with Gasteiger partial charge in [0.1, 0.15) is 0 Å². The standard InChI is InChI=1S/C18H20Cl2N4O/c1-13-4-5-14(19)11-16(13)24-9-7-23(8-10-24)12-17(25)22-15-3-2-6-21-18(15)20/h2-6,11H,7-10,12H2,1H3,(H,22,25). The molecule has 1 aliphatic heterocycles. The van der Waals surface area contributed by atoms with Gasteiger partial charge >= 0.3 is 0 Å². The molecule has 0 saturated carbocycles. The predicted molar refractivity (Wildman–Crippen MR) is 103 cm³/mol. The van der Waals surface area contributed by atoms with Crippen molar-refractivity contribution >= 4 is 40.5 Å². The molecule has 5 nitrogen and oxygen atoms in total. The van der Waals surface area contributed by atoms with Crippen molar-refractivity contribution in [3.8, 4) is 0 Å². The molecule has 0 spiro atoms. The lowest BCUT2D eigenvalue weighted by Gasteiger charge is -2.36. The van der Waals surface area contributed by atoms with E-state index in [9.17, 15) is 4.79 Å². The van der Waals surface area contributed by atoms with Crippen LogP contribution < -0.4 is 10.2 Å². The third-order valence-corrected chi connectivity index (χ3v) is 4.82. The van der Waals surface area contributed by atoms with Crippen LogP contribution in [0.2, 0.25) is 10.2 Å². The summed E-state index contributed by atoms with van der Waals surface area (Å²) in [6.07, 6.45) is 1.59. The molecule has 0 bridgehead atoms. The van der Waals surface area contributed by atoms with Crippen LogP contribution in [0.1, 0.15) is 5.56 Å². The molecule has 1 amide bonds. The normalized spacial score (nSPS) is 15.2. The number of aromatic nitrogens is 1. The zero-order chi connectivity index (χ0) is 17.8. The molecule has 0 unspecified atom stereocenters. The molecule has 7 heteroatoms. The Morgan fingerprint density at radius 1 is 1.20 bits per heavy atom. The largest absolute Gasteiger partial charge is 0.369 e. The number of hydrogen-bond acceptors (Lipinski definition) is 4. The van der Waals surface area contributed by atoms with Crippen LogP contribution in [0.3, 0.4) is 0 Å². The van der Waals surface area contributed by atoms with E-state index in [2.05, 4.69) is 27.0 Å². The van der Waals surface area contributed by atoms with Crippen LogP contribution in [0.25, 0.3) is 0 Å². The van der Waals surface area contributed by atoms with Crippen LogP contribution in [0.5, 0.6) is 0 Å². The zero-order valence-corrected chi connectivity index (χ0v) is 15.5. The summed E-state index contributed by atoms with van der Waals surface area (Å²) in [5.41, 5.74) is 2.92. The Morgan fingerprint density at radius 3 is 2.68 bits per heavy atom. The summed E-state index contributed by atoms with van der Waals surface area (Å²) < 4.78 is 0. The van der Waals surface area contributed by atoms with Crippen molar-refractivity contribution in [2.45, 2.75) is 6.92 Å². The summed E-state index contributed by atoms with van der Waals surface area (Å²) >= 11 is 12.1. The van der Waals surface area contributed by atoms with Gasteiger partial charge in [-0.3, -0.25) is 9.69 Å². The van der Waals surface area contributed by atoms with E-state index in [1.54, 1.807) is 18.3 Å². The molecular formula is C18H20Cl2N4O. The van der Waals surface area contributed by atoms with Crippen molar-refractivity contribution in [3.05, 3.63) is 52.3 Å². The van der Waals surface area contributed by atoms with Crippen molar-refractivity contribution in [3.63, 3.8) is 0 Å². The lowest BCUT2D eigenvalue weighted by Crippen LogP contribution is -2.48. The molecule has 3 rings (SSSR count). The minimum absolute atomic E-state index is 0.0812. The fourth-order valence-electron chi connectivity index (χ4n) is 2.94. The number of nitrogens with zero attached hydrogens (tertiary/aromatic N) is 3. The maximum Gasteiger partial charge on any atom is 0.238 e. The quantitative estimate of drug-likeness (QED) is 0.827. The van der Waals surface area contributed by atoms with Gasteiger partial charge in [-0.15, -0.1) is 0 Å². The fourth-order valence-corrected chi connectivity index (χ4v) is 3.28. The predicted octanol–water partition coefficient (Wildman–Crippen LogP) is 3.46. The van der Waals surface area contributed by atoms with Crippen molar-refractivity contribution < 1.29 is 4.79 Å². The Bertz CT molecular complexity index is 760. The Balaban J connectivity index is 1.53. The SMILES string of the molecule is Cc1ccc(Cl)cc1N1CCN(CC(=O)Nc2cccnc2Cl)CC1. The number of anilines is 2. The molecule has 2 aromatic rings. The third kappa shape index (κ3) is 4.63. The molecule has 1 N–H and O–H groups in total. The van der Waals surface area contributed by atoms with E-state index in [0.29, 0.717) is 17.4 Å². The molecule has 0 aliphatic carbocycles. The van der Waals surface area contributed by atoms with E-state index in [4.69, 9.17) is 23.2 Å². The summed E-state index contributed by atoms with van der Waals surface area (Å²) in [5.74, 6) is -0.0812. The average molecular weight is 379 g/mol. The molecule has 1 aliphatic rings. The third-order valence-electron chi connectivity index (χ3n) is 4.28. The van der Waals surface area contributed by atoms with E-state index in [1.807, 2.05) is 18.2 Å². The van der Waals surface area contributed by atoms with Gasteiger partial charge in [0.2, 0.25) is 5.91 Å². The number of amides is 1. The zero-order valence-electron chi connectivity index (χ0n) is 14.0. The van der Waals surface area contributed by atoms with Gasteiger partial charge in [0.25, 0.3) is 0 Å². The van der Waals surface area contributed by atoms with Gasteiger partial charge in [-0.1, -0.05) is 29.3 Å². The minimum atomic E-state index is -0.0812. The maximum absolute atomic E-state index is 12.2. The highest BCUT2D eigenvalue weighted by atomic mass is 35.5. The van der Waals surface area contributed by atoms with Gasteiger partial charge in [-0.2, -0.15) is 0 Å². The second kappa shape index (κ2) is 8.04. The Morgan fingerprint density at radius 2 is 1.96 bits per heavy atom. The molecule has 2 heterocycles. The second-order valence-corrected chi connectivity index (χ2v) is 6.88. The first kappa shape index (κ1) is 18.0. The summed E-state index contributed by atoms with van der Waals surface area (Å²) in [4.78, 5) is 20.6. The number of pyridine rings is 1. The van der Waals surface area contributed by atoms with Gasteiger partial charge in [0.05, 0.1) is 12.2 Å². The molecule has 0 radical (unpaired) electrons. The maximum atomic E-state index is 12.2. The van der Waals surface area contributed by atoms with Crippen LogP contribution in [0, 0.1) is 6.92 Å². The first-order valence-corrected chi connectivity index (χ1v) is 8.92.